The monoisotopic (exact) mass is 512 g/mol. The van der Waals surface area contributed by atoms with E-state index in [0.717, 1.165) is 18.2 Å². The van der Waals surface area contributed by atoms with Gasteiger partial charge in [-0.05, 0) is 72.9 Å². The highest BCUT2D eigenvalue weighted by molar-refractivity contribution is 7.86. The molecule has 0 aromatic heterocycles. The zero-order chi connectivity index (χ0) is 23.2. The number of unbranched alkanes of at least 4 members (excludes halogenated alkanes) is 8. The molecular formula is C21H52O4SSi4. The molecule has 0 heterocycles. The maximum absolute atomic E-state index is 12.0. The molecule has 1 atom stereocenters. The lowest BCUT2D eigenvalue weighted by Crippen LogP contribution is -2.53. The van der Waals surface area contributed by atoms with Crippen molar-refractivity contribution in [3.63, 3.8) is 0 Å². The first kappa shape index (κ1) is 30.9. The van der Waals surface area contributed by atoms with Crippen molar-refractivity contribution in [3.05, 3.63) is 0 Å². The molecule has 0 rings (SSSR count). The second-order valence-electron chi connectivity index (χ2n) is 10.3. The third-order valence-corrected chi connectivity index (χ3v) is 17.7. The predicted octanol–water partition coefficient (Wildman–Crippen LogP) is 5.98. The average molecular weight is 513 g/mol. The minimum absolute atomic E-state index is 0.0619. The highest BCUT2D eigenvalue weighted by Crippen LogP contribution is 2.24. The van der Waals surface area contributed by atoms with Crippen LogP contribution < -0.4 is 0 Å². The second kappa shape index (κ2) is 16.5. The van der Waals surface area contributed by atoms with Crippen LogP contribution in [0.3, 0.4) is 0 Å². The van der Waals surface area contributed by atoms with E-state index in [9.17, 15) is 4.21 Å². The number of hydrogen-bond donors (Lipinski definition) is 0. The van der Waals surface area contributed by atoms with Gasteiger partial charge in [0.25, 0.3) is 0 Å². The van der Waals surface area contributed by atoms with Gasteiger partial charge in [-0.3, -0.25) is 4.21 Å². The Labute approximate surface area is 197 Å². The number of hydrogen-bond acceptors (Lipinski definition) is 4. The van der Waals surface area contributed by atoms with Crippen molar-refractivity contribution in [1.82, 2.24) is 0 Å². The van der Waals surface area contributed by atoms with Crippen LogP contribution in [0.25, 0.3) is 0 Å². The molecule has 0 aliphatic rings. The molecule has 182 valence electrons. The Morgan fingerprint density at radius 3 is 1.30 bits per heavy atom. The summed E-state index contributed by atoms with van der Waals surface area (Å²) in [5, 5.41) is 0. The van der Waals surface area contributed by atoms with Crippen molar-refractivity contribution in [3.8, 4) is 0 Å². The van der Waals surface area contributed by atoms with Gasteiger partial charge in [0.15, 0.2) is 27.1 Å². The van der Waals surface area contributed by atoms with Crippen LogP contribution in [0.4, 0.5) is 0 Å². The molecular weight excluding hydrogens is 461 g/mol. The summed E-state index contributed by atoms with van der Waals surface area (Å²) in [6, 6.07) is 1.01. The van der Waals surface area contributed by atoms with Crippen LogP contribution in [0.15, 0.2) is 0 Å². The van der Waals surface area contributed by atoms with E-state index < -0.39 is 46.7 Å². The Kier molecular flexibility index (Phi) is 17.0. The molecule has 0 saturated carbocycles. The van der Waals surface area contributed by atoms with Crippen molar-refractivity contribution in [2.45, 2.75) is 129 Å². The molecule has 1 unspecified atom stereocenters. The van der Waals surface area contributed by atoms with Gasteiger partial charge in [0, 0.05) is 27.3 Å². The average Bonchev–Trinajstić information content (AvgIpc) is 2.56. The first-order valence-corrected chi connectivity index (χ1v) is 23.9. The molecule has 0 bridgehead atoms. The van der Waals surface area contributed by atoms with E-state index in [-0.39, 0.29) is 4.75 Å². The molecule has 0 aliphatic carbocycles. The Morgan fingerprint density at radius 2 is 0.967 bits per heavy atom. The molecule has 0 radical (unpaired) electrons. The van der Waals surface area contributed by atoms with Crippen LogP contribution in [0, 0.1) is 0 Å². The summed E-state index contributed by atoms with van der Waals surface area (Å²) in [4.78, 5) is 0. The van der Waals surface area contributed by atoms with Crippen LogP contribution in [0.5, 0.6) is 0 Å². The van der Waals surface area contributed by atoms with Gasteiger partial charge in [-0.25, -0.2) is 0 Å². The molecule has 0 saturated heterocycles. The van der Waals surface area contributed by atoms with E-state index in [0.29, 0.717) is 0 Å². The van der Waals surface area contributed by atoms with Crippen LogP contribution >= 0.6 is 0 Å². The van der Waals surface area contributed by atoms with Gasteiger partial charge in [0.2, 0.25) is 0 Å². The molecule has 0 aromatic carbocycles. The predicted molar refractivity (Wildman–Crippen MR) is 145 cm³/mol. The van der Waals surface area contributed by atoms with Gasteiger partial charge in [-0.1, -0.05) is 44.9 Å². The SMILES string of the molecule is C[SiH](C)O[Si](CCCCCCCCCCCS(=O)C(C)(C)C)(O[SiH](C)C)O[SiH](C)C. The molecule has 0 aliphatic heterocycles. The molecule has 0 aromatic rings. The molecule has 30 heavy (non-hydrogen) atoms. The lowest BCUT2D eigenvalue weighted by Gasteiger charge is -2.35. The second-order valence-corrected chi connectivity index (χ2v) is 23.6. The standard InChI is InChI=1S/C21H52O4SSi4/c1-21(2,3)26(22)19-17-15-13-11-10-12-14-16-18-20-30(23-27(4)5,24-28(6)7)25-29(8)9/h27-29H,10-20H2,1-9H3. The Balaban J connectivity index is 4.02. The quantitative estimate of drug-likeness (QED) is 0.167. The van der Waals surface area contributed by atoms with Crippen molar-refractivity contribution in [2.24, 2.45) is 0 Å². The lowest BCUT2D eigenvalue weighted by atomic mass is 10.1. The maximum atomic E-state index is 12.0. The molecule has 4 nitrogen and oxygen atoms in total. The zero-order valence-electron chi connectivity index (χ0n) is 21.6. The van der Waals surface area contributed by atoms with Gasteiger partial charge in [0.05, 0.1) is 0 Å². The molecule has 0 spiro atoms. The first-order chi connectivity index (χ1) is 13.9. The largest absolute Gasteiger partial charge is 0.468 e. The van der Waals surface area contributed by atoms with Crippen molar-refractivity contribution >= 4 is 46.7 Å². The van der Waals surface area contributed by atoms with Crippen LogP contribution in [-0.2, 0) is 23.1 Å². The highest BCUT2D eigenvalue weighted by atomic mass is 32.2. The summed E-state index contributed by atoms with van der Waals surface area (Å²) in [6.45, 7) is 19.6. The van der Waals surface area contributed by atoms with E-state index in [1.54, 1.807) is 0 Å². The lowest BCUT2D eigenvalue weighted by molar-refractivity contribution is 0.266. The van der Waals surface area contributed by atoms with Crippen LogP contribution in [0.1, 0.15) is 78.6 Å². The Hall–Kier alpha value is 0.898. The minimum atomic E-state index is -2.44. The van der Waals surface area contributed by atoms with Gasteiger partial charge in [-0.2, -0.15) is 0 Å². The summed E-state index contributed by atoms with van der Waals surface area (Å²) in [5.41, 5.74) is 0. The Bertz CT molecular complexity index is 430. The third-order valence-electron chi connectivity index (χ3n) is 4.74. The summed E-state index contributed by atoms with van der Waals surface area (Å²) < 4.78 is 31.4. The highest BCUT2D eigenvalue weighted by Gasteiger charge is 2.42. The van der Waals surface area contributed by atoms with E-state index in [1.165, 1.54) is 51.4 Å². The molecule has 0 fully saturated rings. The van der Waals surface area contributed by atoms with Crippen molar-refractivity contribution in [1.29, 1.82) is 0 Å². The van der Waals surface area contributed by atoms with Crippen LogP contribution in [-0.4, -0.2) is 50.6 Å². The Morgan fingerprint density at radius 1 is 0.633 bits per heavy atom. The fourth-order valence-electron chi connectivity index (χ4n) is 3.46. The first-order valence-electron chi connectivity index (χ1n) is 12.3. The van der Waals surface area contributed by atoms with Crippen LogP contribution in [0.2, 0.25) is 45.3 Å². The van der Waals surface area contributed by atoms with E-state index in [1.807, 2.05) is 0 Å². The summed E-state index contributed by atoms with van der Waals surface area (Å²) in [7, 11) is -6.66. The number of rotatable bonds is 18. The third kappa shape index (κ3) is 16.5. The van der Waals surface area contributed by atoms with E-state index >= 15 is 0 Å². The van der Waals surface area contributed by atoms with E-state index in [4.69, 9.17) is 12.3 Å². The normalized spacial score (nSPS) is 14.3. The van der Waals surface area contributed by atoms with Gasteiger partial charge < -0.3 is 12.3 Å². The summed E-state index contributed by atoms with van der Waals surface area (Å²) in [6.07, 6.45) is 11.3. The van der Waals surface area contributed by atoms with Gasteiger partial charge >= 0.3 is 8.80 Å². The van der Waals surface area contributed by atoms with Gasteiger partial charge in [-0.15, -0.1) is 0 Å². The van der Waals surface area contributed by atoms with E-state index in [2.05, 4.69) is 60.1 Å². The van der Waals surface area contributed by atoms with Gasteiger partial charge in [0.1, 0.15) is 0 Å². The molecule has 0 amide bonds. The zero-order valence-corrected chi connectivity index (χ0v) is 26.8. The van der Waals surface area contributed by atoms with Crippen molar-refractivity contribution < 1.29 is 16.6 Å². The molecule has 9 heteroatoms. The molecule has 0 N–H and O–H groups in total. The minimum Gasteiger partial charge on any atom is -0.420 e. The summed E-state index contributed by atoms with van der Waals surface area (Å²) in [5.74, 6) is 0.860. The summed E-state index contributed by atoms with van der Waals surface area (Å²) >= 11 is 0. The van der Waals surface area contributed by atoms with Crippen molar-refractivity contribution in [2.75, 3.05) is 5.75 Å². The topological polar surface area (TPSA) is 44.8 Å². The fraction of sp³-hybridized carbons (Fsp3) is 1.00. The smallest absolute Gasteiger partial charge is 0.420 e. The fourth-order valence-corrected chi connectivity index (χ4v) is 17.4. The maximum Gasteiger partial charge on any atom is 0.468 e.